The van der Waals surface area contributed by atoms with Gasteiger partial charge in [-0.1, -0.05) is 0 Å². The largest absolute Gasteiger partial charge is 0.494 e. The standard InChI is InChI=1S/C18H26N2O3/c1-22-13-18(21)19-16-4-6-17(7-5-16)23-9-3-2-8-20-11-14-10-15(14)12-20/h4-7,14-15H,2-3,8-13H2,1H3,(H,19,21)/t14-,15+. The van der Waals surface area contributed by atoms with Crippen molar-refractivity contribution in [1.29, 1.82) is 0 Å². The van der Waals surface area contributed by atoms with E-state index in [1.807, 2.05) is 24.3 Å². The molecule has 1 aromatic carbocycles. The zero-order valence-electron chi connectivity index (χ0n) is 13.8. The number of carbonyl (C=O) groups is 1. The van der Waals surface area contributed by atoms with Gasteiger partial charge in [-0.05, 0) is 61.9 Å². The van der Waals surface area contributed by atoms with Gasteiger partial charge in [-0.15, -0.1) is 0 Å². The monoisotopic (exact) mass is 318 g/mol. The number of amides is 1. The number of unbranched alkanes of at least 4 members (excludes halogenated alkanes) is 1. The maximum Gasteiger partial charge on any atom is 0.250 e. The molecule has 3 rings (SSSR count). The number of benzene rings is 1. The van der Waals surface area contributed by atoms with E-state index < -0.39 is 0 Å². The van der Waals surface area contributed by atoms with Crippen LogP contribution in [0.15, 0.2) is 24.3 Å². The summed E-state index contributed by atoms with van der Waals surface area (Å²) in [4.78, 5) is 14.0. The molecule has 0 spiro atoms. The SMILES string of the molecule is COCC(=O)Nc1ccc(OCCCCN2C[C@H]3C[C@H]3C2)cc1. The smallest absolute Gasteiger partial charge is 0.250 e. The third-order valence-corrected chi connectivity index (χ3v) is 4.61. The number of nitrogens with one attached hydrogen (secondary N) is 1. The Bertz CT molecular complexity index is 508. The van der Waals surface area contributed by atoms with Crippen molar-refractivity contribution in [3.05, 3.63) is 24.3 Å². The molecule has 0 aromatic heterocycles. The van der Waals surface area contributed by atoms with Crippen LogP contribution in [0.4, 0.5) is 5.69 Å². The summed E-state index contributed by atoms with van der Waals surface area (Å²) in [6, 6.07) is 7.46. The van der Waals surface area contributed by atoms with Crippen molar-refractivity contribution in [3.8, 4) is 5.75 Å². The molecular formula is C18H26N2O3. The highest BCUT2D eigenvalue weighted by molar-refractivity contribution is 5.91. The number of hydrogen-bond acceptors (Lipinski definition) is 4. The van der Waals surface area contributed by atoms with Gasteiger partial charge >= 0.3 is 0 Å². The lowest BCUT2D eigenvalue weighted by Crippen LogP contribution is -2.24. The van der Waals surface area contributed by atoms with Crippen LogP contribution < -0.4 is 10.1 Å². The van der Waals surface area contributed by atoms with Gasteiger partial charge in [0.1, 0.15) is 12.4 Å². The molecular weight excluding hydrogens is 292 g/mol. The van der Waals surface area contributed by atoms with Gasteiger partial charge in [-0.2, -0.15) is 0 Å². The third kappa shape index (κ3) is 4.94. The predicted octanol–water partition coefficient (Wildman–Crippen LogP) is 2.38. The summed E-state index contributed by atoms with van der Waals surface area (Å²) in [5.74, 6) is 2.74. The van der Waals surface area contributed by atoms with Crippen LogP contribution in [0.2, 0.25) is 0 Å². The van der Waals surface area contributed by atoms with Crippen molar-refractivity contribution in [2.45, 2.75) is 19.3 Å². The number of hydrogen-bond donors (Lipinski definition) is 1. The molecule has 0 unspecified atom stereocenters. The molecule has 2 aliphatic rings. The normalized spacial score (nSPS) is 22.7. The minimum Gasteiger partial charge on any atom is -0.494 e. The van der Waals surface area contributed by atoms with Gasteiger partial charge in [0, 0.05) is 25.9 Å². The Balaban J connectivity index is 1.28. The molecule has 2 fully saturated rings. The van der Waals surface area contributed by atoms with Crippen LogP contribution in [0.1, 0.15) is 19.3 Å². The molecule has 1 aliphatic carbocycles. The highest BCUT2D eigenvalue weighted by Gasteiger charge is 2.44. The Morgan fingerprint density at radius 2 is 1.96 bits per heavy atom. The molecule has 23 heavy (non-hydrogen) atoms. The maximum absolute atomic E-state index is 11.4. The quantitative estimate of drug-likeness (QED) is 0.710. The molecule has 1 saturated heterocycles. The average molecular weight is 318 g/mol. The summed E-state index contributed by atoms with van der Waals surface area (Å²) in [5, 5.41) is 2.76. The van der Waals surface area contributed by atoms with Crippen LogP contribution in [0.25, 0.3) is 0 Å². The van der Waals surface area contributed by atoms with Crippen LogP contribution in [-0.2, 0) is 9.53 Å². The molecule has 2 atom stereocenters. The minimum atomic E-state index is -0.152. The number of anilines is 1. The van der Waals surface area contributed by atoms with E-state index in [9.17, 15) is 4.79 Å². The number of rotatable bonds is 9. The Morgan fingerprint density at radius 1 is 1.22 bits per heavy atom. The number of methoxy groups -OCH3 is 1. The van der Waals surface area contributed by atoms with E-state index in [4.69, 9.17) is 9.47 Å². The lowest BCUT2D eigenvalue weighted by atomic mass is 10.3. The fourth-order valence-electron chi connectivity index (χ4n) is 3.27. The van der Waals surface area contributed by atoms with E-state index in [1.54, 1.807) is 0 Å². The molecule has 0 radical (unpaired) electrons. The van der Waals surface area contributed by atoms with Crippen molar-refractivity contribution in [2.24, 2.45) is 11.8 Å². The number of ether oxygens (including phenoxy) is 2. The van der Waals surface area contributed by atoms with Crippen molar-refractivity contribution in [1.82, 2.24) is 4.90 Å². The zero-order chi connectivity index (χ0) is 16.1. The first-order chi connectivity index (χ1) is 11.2. The van der Waals surface area contributed by atoms with E-state index >= 15 is 0 Å². The third-order valence-electron chi connectivity index (χ3n) is 4.61. The second-order valence-corrected chi connectivity index (χ2v) is 6.58. The Kier molecular flexibility index (Phi) is 5.51. The average Bonchev–Trinajstić information content (AvgIpc) is 3.15. The number of nitrogens with zero attached hydrogens (tertiary/aromatic N) is 1. The fourth-order valence-corrected chi connectivity index (χ4v) is 3.27. The van der Waals surface area contributed by atoms with E-state index in [0.717, 1.165) is 36.3 Å². The van der Waals surface area contributed by atoms with Crippen molar-refractivity contribution >= 4 is 11.6 Å². The number of carbonyl (C=O) groups excluding carboxylic acids is 1. The summed E-state index contributed by atoms with van der Waals surface area (Å²) < 4.78 is 10.5. The van der Waals surface area contributed by atoms with Crippen molar-refractivity contribution in [3.63, 3.8) is 0 Å². The van der Waals surface area contributed by atoms with E-state index in [1.165, 1.54) is 39.6 Å². The number of fused-ring (bicyclic) bond motifs is 1. The second-order valence-electron chi connectivity index (χ2n) is 6.58. The first-order valence-electron chi connectivity index (χ1n) is 8.48. The molecule has 1 aliphatic heterocycles. The molecule has 5 nitrogen and oxygen atoms in total. The summed E-state index contributed by atoms with van der Waals surface area (Å²) in [6.07, 6.45) is 3.75. The molecule has 1 saturated carbocycles. The van der Waals surface area contributed by atoms with Crippen LogP contribution in [0, 0.1) is 11.8 Å². The second kappa shape index (κ2) is 7.79. The van der Waals surface area contributed by atoms with Crippen LogP contribution in [-0.4, -0.2) is 50.8 Å². The highest BCUT2D eigenvalue weighted by atomic mass is 16.5. The topological polar surface area (TPSA) is 50.8 Å². The minimum absolute atomic E-state index is 0.0662. The van der Waals surface area contributed by atoms with E-state index in [-0.39, 0.29) is 12.5 Å². The molecule has 1 N–H and O–H groups in total. The maximum atomic E-state index is 11.4. The Labute approximate surface area is 137 Å². The van der Waals surface area contributed by atoms with Gasteiger partial charge in [0.15, 0.2) is 0 Å². The molecule has 1 amide bonds. The van der Waals surface area contributed by atoms with Crippen LogP contribution in [0.5, 0.6) is 5.75 Å². The van der Waals surface area contributed by atoms with E-state index in [2.05, 4.69) is 10.2 Å². The lowest BCUT2D eigenvalue weighted by Gasteiger charge is -2.16. The van der Waals surface area contributed by atoms with Crippen LogP contribution in [0.3, 0.4) is 0 Å². The number of likely N-dealkylation sites (tertiary alicyclic amines) is 1. The van der Waals surface area contributed by atoms with Gasteiger partial charge in [-0.3, -0.25) is 4.79 Å². The summed E-state index contributed by atoms with van der Waals surface area (Å²) in [7, 11) is 1.50. The van der Waals surface area contributed by atoms with Gasteiger partial charge in [-0.25, -0.2) is 0 Å². The summed E-state index contributed by atoms with van der Waals surface area (Å²) >= 11 is 0. The zero-order valence-corrected chi connectivity index (χ0v) is 13.8. The molecule has 126 valence electrons. The molecule has 1 aromatic rings. The van der Waals surface area contributed by atoms with E-state index in [0.29, 0.717) is 0 Å². The fraction of sp³-hybridized carbons (Fsp3) is 0.611. The first-order valence-corrected chi connectivity index (χ1v) is 8.48. The van der Waals surface area contributed by atoms with Gasteiger partial charge in [0.25, 0.3) is 0 Å². The predicted molar refractivity (Wildman–Crippen MR) is 89.7 cm³/mol. The first kappa shape index (κ1) is 16.3. The Morgan fingerprint density at radius 3 is 2.65 bits per heavy atom. The van der Waals surface area contributed by atoms with Crippen molar-refractivity contribution < 1.29 is 14.3 Å². The van der Waals surface area contributed by atoms with Gasteiger partial charge in [0.2, 0.25) is 5.91 Å². The van der Waals surface area contributed by atoms with Gasteiger partial charge < -0.3 is 19.7 Å². The van der Waals surface area contributed by atoms with Crippen LogP contribution >= 0.6 is 0 Å². The summed E-state index contributed by atoms with van der Waals surface area (Å²) in [5.41, 5.74) is 0.756. The number of piperidine rings is 1. The lowest BCUT2D eigenvalue weighted by molar-refractivity contribution is -0.119. The van der Waals surface area contributed by atoms with Gasteiger partial charge in [0.05, 0.1) is 6.61 Å². The Hall–Kier alpha value is -1.59. The van der Waals surface area contributed by atoms with Crippen molar-refractivity contribution in [2.75, 3.05) is 45.3 Å². The summed E-state index contributed by atoms with van der Waals surface area (Å²) in [6.45, 7) is 4.66. The molecule has 5 heteroatoms. The molecule has 1 heterocycles. The highest BCUT2D eigenvalue weighted by Crippen LogP contribution is 2.44. The molecule has 0 bridgehead atoms.